The summed E-state index contributed by atoms with van der Waals surface area (Å²) in [7, 11) is 2.10. The van der Waals surface area contributed by atoms with Gasteiger partial charge in [-0.15, -0.1) is 0 Å². The van der Waals surface area contributed by atoms with E-state index in [1.165, 1.54) is 0 Å². The van der Waals surface area contributed by atoms with Crippen molar-refractivity contribution in [1.29, 1.82) is 0 Å². The van der Waals surface area contributed by atoms with E-state index in [0.717, 1.165) is 44.7 Å². The first-order valence-electron chi connectivity index (χ1n) is 8.56. The average Bonchev–Trinajstić information content (AvgIpc) is 2.92. The highest BCUT2D eigenvalue weighted by Crippen LogP contribution is 2.36. The van der Waals surface area contributed by atoms with Crippen LogP contribution in [0.5, 0.6) is 0 Å². The Labute approximate surface area is 130 Å². The van der Waals surface area contributed by atoms with Crippen LogP contribution in [0.3, 0.4) is 0 Å². The third-order valence-corrected chi connectivity index (χ3v) is 4.87. The molecule has 0 amide bonds. The lowest BCUT2D eigenvalue weighted by atomic mass is 9.81. The molecular formula is C17H34N4. The zero-order chi connectivity index (χ0) is 15.9. The summed E-state index contributed by atoms with van der Waals surface area (Å²) in [6.45, 7) is 14.5. The highest BCUT2D eigenvalue weighted by molar-refractivity contribution is 5.10. The Kier molecular flexibility index (Phi) is 7.40. The normalized spacial score (nSPS) is 13.9. The fourth-order valence-corrected chi connectivity index (χ4v) is 3.61. The number of imidazole rings is 1. The van der Waals surface area contributed by atoms with E-state index in [9.17, 15) is 0 Å². The lowest BCUT2D eigenvalue weighted by Crippen LogP contribution is -2.56. The molecular weight excluding hydrogens is 260 g/mol. The van der Waals surface area contributed by atoms with Crippen LogP contribution in [0.4, 0.5) is 0 Å². The van der Waals surface area contributed by atoms with Gasteiger partial charge in [-0.05, 0) is 38.9 Å². The molecule has 0 spiro atoms. The fourth-order valence-electron chi connectivity index (χ4n) is 3.61. The van der Waals surface area contributed by atoms with Crippen molar-refractivity contribution in [2.75, 3.05) is 19.6 Å². The van der Waals surface area contributed by atoms with Crippen LogP contribution in [0.15, 0.2) is 12.4 Å². The number of rotatable bonds is 10. The van der Waals surface area contributed by atoms with Gasteiger partial charge in [0.05, 0.1) is 6.04 Å². The minimum Gasteiger partial charge on any atom is -0.337 e. The predicted molar refractivity (Wildman–Crippen MR) is 90.5 cm³/mol. The summed E-state index contributed by atoms with van der Waals surface area (Å²) in [6, 6.07) is 0.271. The maximum atomic E-state index is 4.66. The smallest absolute Gasteiger partial charge is 0.127 e. The second-order valence-corrected chi connectivity index (χ2v) is 5.77. The van der Waals surface area contributed by atoms with Crippen molar-refractivity contribution in [1.82, 2.24) is 19.8 Å². The molecule has 1 atom stereocenters. The Morgan fingerprint density at radius 2 is 1.81 bits per heavy atom. The molecule has 21 heavy (non-hydrogen) atoms. The van der Waals surface area contributed by atoms with Gasteiger partial charge in [0.15, 0.2) is 0 Å². The number of hydrogen-bond donors (Lipinski definition) is 1. The van der Waals surface area contributed by atoms with Crippen molar-refractivity contribution >= 4 is 0 Å². The summed E-state index contributed by atoms with van der Waals surface area (Å²) < 4.78 is 2.16. The molecule has 0 aliphatic rings. The van der Waals surface area contributed by atoms with Crippen LogP contribution in [0.2, 0.25) is 0 Å². The van der Waals surface area contributed by atoms with Gasteiger partial charge in [-0.3, -0.25) is 4.90 Å². The summed E-state index contributed by atoms with van der Waals surface area (Å²) in [5.41, 5.74) is 0.123. The van der Waals surface area contributed by atoms with E-state index in [-0.39, 0.29) is 11.6 Å². The van der Waals surface area contributed by atoms with Crippen LogP contribution < -0.4 is 5.32 Å². The second-order valence-electron chi connectivity index (χ2n) is 5.77. The Morgan fingerprint density at radius 1 is 1.19 bits per heavy atom. The SMILES string of the molecule is CCCNC(c1nccn1C)C(CC)(CC)N(CC)CC. The van der Waals surface area contributed by atoms with Crippen molar-refractivity contribution in [2.45, 2.75) is 65.5 Å². The molecule has 0 fully saturated rings. The minimum absolute atomic E-state index is 0.123. The van der Waals surface area contributed by atoms with Crippen molar-refractivity contribution in [3.05, 3.63) is 18.2 Å². The molecule has 0 radical (unpaired) electrons. The van der Waals surface area contributed by atoms with Gasteiger partial charge in [-0.1, -0.05) is 34.6 Å². The molecule has 122 valence electrons. The second kappa shape index (κ2) is 8.54. The standard InChI is InChI=1S/C17H34N4/c1-7-12-18-15(16-19-13-14-20(16)6)17(8-2,9-3)21(10-4)11-5/h13-15,18H,7-12H2,1-6H3. The van der Waals surface area contributed by atoms with E-state index in [2.05, 4.69) is 61.4 Å². The predicted octanol–water partition coefficient (Wildman–Crippen LogP) is 3.36. The van der Waals surface area contributed by atoms with Crippen molar-refractivity contribution < 1.29 is 0 Å². The van der Waals surface area contributed by atoms with E-state index in [1.807, 2.05) is 12.4 Å². The molecule has 1 rings (SSSR count). The molecule has 4 nitrogen and oxygen atoms in total. The third kappa shape index (κ3) is 3.67. The Balaban J connectivity index is 3.26. The molecule has 4 heteroatoms. The van der Waals surface area contributed by atoms with E-state index in [4.69, 9.17) is 0 Å². The molecule has 0 aliphatic carbocycles. The van der Waals surface area contributed by atoms with Gasteiger partial charge in [0.1, 0.15) is 5.82 Å². The van der Waals surface area contributed by atoms with Crippen LogP contribution in [-0.4, -0.2) is 39.6 Å². The van der Waals surface area contributed by atoms with E-state index in [1.54, 1.807) is 0 Å². The Hall–Kier alpha value is -0.870. The first-order valence-corrected chi connectivity index (χ1v) is 8.56. The number of aryl methyl sites for hydroxylation is 1. The van der Waals surface area contributed by atoms with Crippen molar-refractivity contribution in [3.8, 4) is 0 Å². The van der Waals surface area contributed by atoms with Crippen LogP contribution in [0.1, 0.15) is 65.7 Å². The average molecular weight is 294 g/mol. The topological polar surface area (TPSA) is 33.1 Å². The first-order chi connectivity index (χ1) is 10.1. The van der Waals surface area contributed by atoms with Gasteiger partial charge < -0.3 is 9.88 Å². The lowest BCUT2D eigenvalue weighted by Gasteiger charge is -2.48. The van der Waals surface area contributed by atoms with E-state index < -0.39 is 0 Å². The summed E-state index contributed by atoms with van der Waals surface area (Å²) in [5.74, 6) is 1.15. The number of aromatic nitrogens is 2. The van der Waals surface area contributed by atoms with Gasteiger partial charge >= 0.3 is 0 Å². The maximum Gasteiger partial charge on any atom is 0.127 e. The molecule has 0 bridgehead atoms. The summed E-state index contributed by atoms with van der Waals surface area (Å²) in [5, 5.41) is 3.78. The molecule has 1 unspecified atom stereocenters. The molecule has 1 aromatic rings. The van der Waals surface area contributed by atoms with Gasteiger partial charge in [0, 0.05) is 25.0 Å². The van der Waals surface area contributed by atoms with Crippen LogP contribution in [0.25, 0.3) is 0 Å². The molecule has 1 N–H and O–H groups in total. The molecule has 0 aromatic carbocycles. The number of nitrogens with zero attached hydrogens (tertiary/aromatic N) is 3. The summed E-state index contributed by atoms with van der Waals surface area (Å²) >= 11 is 0. The summed E-state index contributed by atoms with van der Waals surface area (Å²) in [4.78, 5) is 7.26. The third-order valence-electron chi connectivity index (χ3n) is 4.87. The summed E-state index contributed by atoms with van der Waals surface area (Å²) in [6.07, 6.45) is 7.35. The lowest BCUT2D eigenvalue weighted by molar-refractivity contribution is 0.0447. The minimum atomic E-state index is 0.123. The number of likely N-dealkylation sites (N-methyl/N-ethyl adjacent to an activating group) is 1. The number of hydrogen-bond acceptors (Lipinski definition) is 3. The molecule has 0 saturated heterocycles. The van der Waals surface area contributed by atoms with Gasteiger partial charge in [0.25, 0.3) is 0 Å². The van der Waals surface area contributed by atoms with Crippen LogP contribution in [0, 0.1) is 0 Å². The highest BCUT2D eigenvalue weighted by atomic mass is 15.2. The van der Waals surface area contributed by atoms with E-state index in [0.29, 0.717) is 0 Å². The van der Waals surface area contributed by atoms with Crippen LogP contribution in [-0.2, 0) is 7.05 Å². The Bertz CT molecular complexity index is 391. The Morgan fingerprint density at radius 3 is 2.19 bits per heavy atom. The monoisotopic (exact) mass is 294 g/mol. The first kappa shape index (κ1) is 18.2. The van der Waals surface area contributed by atoms with Crippen molar-refractivity contribution in [2.24, 2.45) is 7.05 Å². The number of nitrogens with one attached hydrogen (secondary N) is 1. The van der Waals surface area contributed by atoms with Gasteiger partial charge in [-0.2, -0.15) is 0 Å². The quantitative estimate of drug-likeness (QED) is 0.718. The molecule has 1 aromatic heterocycles. The highest BCUT2D eigenvalue weighted by Gasteiger charge is 2.42. The largest absolute Gasteiger partial charge is 0.337 e. The molecule has 0 saturated carbocycles. The molecule has 0 aliphatic heterocycles. The van der Waals surface area contributed by atoms with Crippen molar-refractivity contribution in [3.63, 3.8) is 0 Å². The zero-order valence-electron chi connectivity index (χ0n) is 14.8. The van der Waals surface area contributed by atoms with Gasteiger partial charge in [0.2, 0.25) is 0 Å². The zero-order valence-corrected chi connectivity index (χ0v) is 14.8. The maximum absolute atomic E-state index is 4.66. The van der Waals surface area contributed by atoms with E-state index >= 15 is 0 Å². The molecule has 1 heterocycles. The fraction of sp³-hybridized carbons (Fsp3) is 0.824. The van der Waals surface area contributed by atoms with Crippen LogP contribution >= 0.6 is 0 Å². The van der Waals surface area contributed by atoms with Gasteiger partial charge in [-0.25, -0.2) is 4.98 Å².